The Balaban J connectivity index is 1.67. The maximum absolute atomic E-state index is 12.4. The van der Waals surface area contributed by atoms with E-state index in [9.17, 15) is 4.79 Å². The second-order valence-electron chi connectivity index (χ2n) is 6.18. The van der Waals surface area contributed by atoms with Crippen LogP contribution in [0.4, 0.5) is 5.69 Å². The van der Waals surface area contributed by atoms with Gasteiger partial charge in [0.05, 0.1) is 12.2 Å². The average Bonchev–Trinajstić information content (AvgIpc) is 2.99. The molecule has 4 rings (SSSR count). The molecule has 0 fully saturated rings. The molecule has 6 heteroatoms. The normalized spacial score (nSPS) is 14.1. The van der Waals surface area contributed by atoms with E-state index in [2.05, 4.69) is 46.2 Å². The Bertz CT molecular complexity index is 930. The lowest BCUT2D eigenvalue weighted by atomic mass is 10.0. The minimum absolute atomic E-state index is 0.0844. The molecule has 0 bridgehead atoms. The molecule has 1 aliphatic heterocycles. The Hall–Kier alpha value is -2.21. The molecule has 1 aromatic carbocycles. The number of fused-ring (bicyclic) bond motifs is 2. The van der Waals surface area contributed by atoms with Gasteiger partial charge in [-0.15, -0.1) is 0 Å². The molecular formula is C18H20N4OS. The Morgan fingerprint density at radius 3 is 3.04 bits per heavy atom. The van der Waals surface area contributed by atoms with Crippen molar-refractivity contribution in [1.29, 1.82) is 0 Å². The summed E-state index contributed by atoms with van der Waals surface area (Å²) in [6, 6.07) is 10.1. The highest BCUT2D eigenvalue weighted by atomic mass is 32.1. The van der Waals surface area contributed by atoms with Gasteiger partial charge in [0.15, 0.2) is 0 Å². The monoisotopic (exact) mass is 340 g/mol. The number of hydrogen-bond acceptors (Lipinski definition) is 5. The summed E-state index contributed by atoms with van der Waals surface area (Å²) in [7, 11) is 0. The molecule has 0 atom stereocenters. The molecule has 0 amide bonds. The first-order chi connectivity index (χ1) is 11.7. The predicted molar refractivity (Wildman–Crippen MR) is 96.9 cm³/mol. The Kier molecular flexibility index (Phi) is 4.06. The van der Waals surface area contributed by atoms with E-state index in [-0.39, 0.29) is 5.56 Å². The number of para-hydroxylation sites is 1. The molecule has 124 valence electrons. The first-order valence-electron chi connectivity index (χ1n) is 8.46. The largest absolute Gasteiger partial charge is 0.365 e. The number of nitrogens with zero attached hydrogens (tertiary/aromatic N) is 4. The van der Waals surface area contributed by atoms with Gasteiger partial charge in [-0.2, -0.15) is 9.61 Å². The summed E-state index contributed by atoms with van der Waals surface area (Å²) in [4.78, 5) is 20.1. The second-order valence-corrected chi connectivity index (χ2v) is 7.22. The van der Waals surface area contributed by atoms with Gasteiger partial charge >= 0.3 is 0 Å². The lowest BCUT2D eigenvalue weighted by Gasteiger charge is -2.30. The van der Waals surface area contributed by atoms with Crippen molar-refractivity contribution in [3.05, 3.63) is 57.0 Å². The topological polar surface area (TPSA) is 50.5 Å². The average molecular weight is 340 g/mol. The van der Waals surface area contributed by atoms with Crippen LogP contribution in [0.2, 0.25) is 0 Å². The van der Waals surface area contributed by atoms with E-state index in [1.807, 2.05) is 0 Å². The molecule has 0 aliphatic carbocycles. The van der Waals surface area contributed by atoms with E-state index in [4.69, 9.17) is 0 Å². The fourth-order valence-electron chi connectivity index (χ4n) is 3.26. The van der Waals surface area contributed by atoms with Crippen molar-refractivity contribution in [1.82, 2.24) is 14.6 Å². The van der Waals surface area contributed by atoms with Crippen molar-refractivity contribution in [2.24, 2.45) is 0 Å². The highest BCUT2D eigenvalue weighted by Gasteiger charge is 2.18. The van der Waals surface area contributed by atoms with Gasteiger partial charge in [-0.3, -0.25) is 4.79 Å². The zero-order chi connectivity index (χ0) is 16.5. The molecule has 24 heavy (non-hydrogen) atoms. The van der Waals surface area contributed by atoms with Crippen LogP contribution >= 0.6 is 11.3 Å². The maximum Gasteiger partial charge on any atom is 0.275 e. The third-order valence-electron chi connectivity index (χ3n) is 4.36. The third kappa shape index (κ3) is 2.82. The predicted octanol–water partition coefficient (Wildman–Crippen LogP) is 3.06. The van der Waals surface area contributed by atoms with E-state index in [0.717, 1.165) is 42.9 Å². The number of benzene rings is 1. The van der Waals surface area contributed by atoms with Crippen molar-refractivity contribution < 1.29 is 0 Å². The van der Waals surface area contributed by atoms with E-state index < -0.39 is 0 Å². The summed E-state index contributed by atoms with van der Waals surface area (Å²) in [5, 5.41) is 5.35. The highest BCUT2D eigenvalue weighted by Crippen LogP contribution is 2.27. The number of hydrogen-bond donors (Lipinski definition) is 0. The van der Waals surface area contributed by atoms with Crippen LogP contribution in [0.15, 0.2) is 35.1 Å². The van der Waals surface area contributed by atoms with Crippen LogP contribution in [0.3, 0.4) is 0 Å². The van der Waals surface area contributed by atoms with Gasteiger partial charge in [-0.05, 0) is 30.9 Å². The van der Waals surface area contributed by atoms with Crippen LogP contribution in [-0.4, -0.2) is 21.1 Å². The maximum atomic E-state index is 12.4. The fraction of sp³-hybridized carbons (Fsp3) is 0.389. The van der Waals surface area contributed by atoms with E-state index in [1.165, 1.54) is 27.1 Å². The fourth-order valence-corrected chi connectivity index (χ4v) is 4.28. The summed E-state index contributed by atoms with van der Waals surface area (Å²) >= 11 is 1.52. The third-order valence-corrected chi connectivity index (χ3v) is 5.33. The van der Waals surface area contributed by atoms with Gasteiger partial charge in [-0.25, -0.2) is 4.98 Å². The highest BCUT2D eigenvalue weighted by molar-refractivity contribution is 7.16. The first-order valence-corrected chi connectivity index (χ1v) is 9.28. The van der Waals surface area contributed by atoms with Gasteiger partial charge in [0.1, 0.15) is 5.01 Å². The molecule has 0 spiro atoms. The molecule has 0 N–H and O–H groups in total. The molecule has 5 nitrogen and oxygen atoms in total. The van der Waals surface area contributed by atoms with Crippen LogP contribution in [0, 0.1) is 0 Å². The zero-order valence-electron chi connectivity index (χ0n) is 13.7. The lowest BCUT2D eigenvalue weighted by molar-refractivity contribution is 0.682. The number of aryl methyl sites for hydroxylation is 2. The molecule has 0 radical (unpaired) electrons. The van der Waals surface area contributed by atoms with Crippen LogP contribution in [0.1, 0.15) is 36.0 Å². The summed E-state index contributed by atoms with van der Waals surface area (Å²) in [5.41, 5.74) is 3.38. The van der Waals surface area contributed by atoms with Crippen molar-refractivity contribution in [2.45, 2.75) is 39.2 Å². The van der Waals surface area contributed by atoms with Crippen LogP contribution in [-0.2, 0) is 19.4 Å². The van der Waals surface area contributed by atoms with E-state index in [1.54, 1.807) is 6.07 Å². The molecule has 0 unspecified atom stereocenters. The second kappa shape index (κ2) is 6.36. The van der Waals surface area contributed by atoms with Gasteiger partial charge in [-0.1, -0.05) is 36.5 Å². The minimum Gasteiger partial charge on any atom is -0.365 e. The Morgan fingerprint density at radius 2 is 2.17 bits per heavy atom. The summed E-state index contributed by atoms with van der Waals surface area (Å²) in [6.45, 7) is 3.78. The van der Waals surface area contributed by atoms with E-state index in [0.29, 0.717) is 11.5 Å². The van der Waals surface area contributed by atoms with Gasteiger partial charge in [0.25, 0.3) is 5.56 Å². The van der Waals surface area contributed by atoms with Crippen LogP contribution < -0.4 is 10.5 Å². The molecule has 2 aromatic heterocycles. The Morgan fingerprint density at radius 1 is 1.29 bits per heavy atom. The molecule has 0 saturated carbocycles. The standard InChI is InChI=1S/C18H20N4OS/c1-2-6-16-20-22-17(23)11-14(19-18(22)24-16)12-21-10-5-8-13-7-3-4-9-15(13)21/h3-4,7,9,11H,2,5-6,8,10,12H2,1H3. The number of aromatic nitrogens is 3. The van der Waals surface area contributed by atoms with Crippen LogP contribution in [0.25, 0.3) is 4.96 Å². The van der Waals surface area contributed by atoms with Crippen molar-refractivity contribution in [3.8, 4) is 0 Å². The van der Waals surface area contributed by atoms with Gasteiger partial charge < -0.3 is 4.90 Å². The van der Waals surface area contributed by atoms with Crippen molar-refractivity contribution in [3.63, 3.8) is 0 Å². The lowest BCUT2D eigenvalue weighted by Crippen LogP contribution is -2.30. The molecule has 3 aromatic rings. The SMILES string of the molecule is CCCc1nn2c(=O)cc(CN3CCCc4ccccc43)nc2s1. The van der Waals surface area contributed by atoms with Gasteiger partial charge in [0, 0.05) is 24.7 Å². The summed E-state index contributed by atoms with van der Waals surface area (Å²) in [6.07, 6.45) is 4.17. The smallest absolute Gasteiger partial charge is 0.275 e. The summed E-state index contributed by atoms with van der Waals surface area (Å²) in [5.74, 6) is 0. The van der Waals surface area contributed by atoms with E-state index >= 15 is 0 Å². The van der Waals surface area contributed by atoms with Crippen molar-refractivity contribution >= 4 is 22.0 Å². The first kappa shape index (κ1) is 15.3. The Labute approximate surface area is 144 Å². The quantitative estimate of drug-likeness (QED) is 0.732. The molecule has 0 saturated heterocycles. The number of anilines is 1. The number of rotatable bonds is 4. The van der Waals surface area contributed by atoms with Crippen LogP contribution in [0.5, 0.6) is 0 Å². The molecule has 3 heterocycles. The molecular weight excluding hydrogens is 320 g/mol. The molecule has 1 aliphatic rings. The minimum atomic E-state index is -0.0844. The van der Waals surface area contributed by atoms with Crippen molar-refractivity contribution in [2.75, 3.05) is 11.4 Å². The zero-order valence-corrected chi connectivity index (χ0v) is 14.6. The van der Waals surface area contributed by atoms with Gasteiger partial charge in [0.2, 0.25) is 4.96 Å². The summed E-state index contributed by atoms with van der Waals surface area (Å²) < 4.78 is 1.43.